The third kappa shape index (κ3) is 3.98. The lowest BCUT2D eigenvalue weighted by Crippen LogP contribution is -2.50. The van der Waals surface area contributed by atoms with Gasteiger partial charge in [0, 0.05) is 43.7 Å². The maximum atomic E-state index is 9.39. The highest BCUT2D eigenvalue weighted by Crippen LogP contribution is 2.22. The number of thioether (sulfide) groups is 1. The van der Waals surface area contributed by atoms with Crippen LogP contribution in [0.3, 0.4) is 0 Å². The molecular formula is C16H26N2OS. The molecule has 1 aliphatic rings. The van der Waals surface area contributed by atoms with Gasteiger partial charge >= 0.3 is 0 Å². The summed E-state index contributed by atoms with van der Waals surface area (Å²) in [6.45, 7) is 7.81. The highest BCUT2D eigenvalue weighted by atomic mass is 32.2. The molecule has 1 aromatic rings. The van der Waals surface area contributed by atoms with E-state index in [0.29, 0.717) is 6.04 Å². The molecule has 112 valence electrons. The molecule has 0 amide bonds. The molecule has 2 rings (SSSR count). The first-order valence-electron chi connectivity index (χ1n) is 7.47. The second-order valence-corrected chi connectivity index (χ2v) is 6.22. The molecule has 0 radical (unpaired) electrons. The van der Waals surface area contributed by atoms with Crippen LogP contribution < -0.4 is 0 Å². The fourth-order valence-electron chi connectivity index (χ4n) is 2.86. The monoisotopic (exact) mass is 294 g/mol. The molecule has 4 heteroatoms. The third-order valence-corrected chi connectivity index (χ3v) is 5.03. The van der Waals surface area contributed by atoms with E-state index in [1.807, 2.05) is 11.8 Å². The van der Waals surface area contributed by atoms with Crippen molar-refractivity contribution in [1.29, 1.82) is 0 Å². The van der Waals surface area contributed by atoms with Crippen molar-refractivity contribution in [3.05, 3.63) is 29.8 Å². The molecule has 3 nitrogen and oxygen atoms in total. The molecule has 1 saturated heterocycles. The lowest BCUT2D eigenvalue weighted by Gasteiger charge is -2.38. The summed E-state index contributed by atoms with van der Waals surface area (Å²) < 4.78 is 0. The summed E-state index contributed by atoms with van der Waals surface area (Å²) in [7, 11) is 0. The van der Waals surface area contributed by atoms with Crippen LogP contribution in [0.4, 0.5) is 0 Å². The lowest BCUT2D eigenvalue weighted by molar-refractivity contribution is 0.0605. The standard InChI is InChI=1S/C16H26N2OS/c1-3-15(13-19)18-10-8-17(9-11-18)12-14-6-4-5-7-16(14)20-2/h4-7,15,19H,3,8-13H2,1-2H3. The highest BCUT2D eigenvalue weighted by Gasteiger charge is 2.22. The minimum Gasteiger partial charge on any atom is -0.395 e. The Hall–Kier alpha value is -0.550. The summed E-state index contributed by atoms with van der Waals surface area (Å²) in [5.74, 6) is 0. The molecule has 1 aromatic carbocycles. The zero-order valence-electron chi connectivity index (χ0n) is 12.6. The third-order valence-electron chi connectivity index (χ3n) is 4.19. The van der Waals surface area contributed by atoms with Crippen LogP contribution >= 0.6 is 11.8 Å². The molecule has 1 heterocycles. The summed E-state index contributed by atoms with van der Waals surface area (Å²) in [5, 5.41) is 9.39. The summed E-state index contributed by atoms with van der Waals surface area (Å²) in [6.07, 6.45) is 3.18. The maximum absolute atomic E-state index is 9.39. The van der Waals surface area contributed by atoms with Crippen LogP contribution in [-0.2, 0) is 6.54 Å². The van der Waals surface area contributed by atoms with Crippen molar-refractivity contribution in [2.24, 2.45) is 0 Å². The lowest BCUT2D eigenvalue weighted by atomic mass is 10.1. The van der Waals surface area contributed by atoms with E-state index in [1.165, 1.54) is 10.5 Å². The SMILES string of the molecule is CCC(CO)N1CCN(Cc2ccccc2SC)CC1. The Morgan fingerprint density at radius 1 is 1.20 bits per heavy atom. The second kappa shape index (κ2) is 8.03. The molecule has 1 aliphatic heterocycles. The van der Waals surface area contributed by atoms with Crippen LogP contribution in [0.5, 0.6) is 0 Å². The van der Waals surface area contributed by atoms with Gasteiger partial charge in [0.1, 0.15) is 0 Å². The van der Waals surface area contributed by atoms with E-state index >= 15 is 0 Å². The van der Waals surface area contributed by atoms with Crippen molar-refractivity contribution in [2.75, 3.05) is 39.0 Å². The predicted octanol–water partition coefficient (Wildman–Crippen LogP) is 2.30. The minimum atomic E-state index is 0.284. The van der Waals surface area contributed by atoms with E-state index in [-0.39, 0.29) is 6.61 Å². The van der Waals surface area contributed by atoms with Crippen molar-refractivity contribution < 1.29 is 5.11 Å². The first kappa shape index (κ1) is 15.8. The number of benzene rings is 1. The van der Waals surface area contributed by atoms with Gasteiger partial charge in [-0.2, -0.15) is 0 Å². The smallest absolute Gasteiger partial charge is 0.0586 e. The van der Waals surface area contributed by atoms with Crippen LogP contribution in [0.25, 0.3) is 0 Å². The van der Waals surface area contributed by atoms with Gasteiger partial charge in [-0.3, -0.25) is 9.80 Å². The number of nitrogens with zero attached hydrogens (tertiary/aromatic N) is 2. The molecule has 1 unspecified atom stereocenters. The Bertz CT molecular complexity index is 401. The molecule has 1 N–H and O–H groups in total. The Kier molecular flexibility index (Phi) is 6.36. The quantitative estimate of drug-likeness (QED) is 0.815. The van der Waals surface area contributed by atoms with Gasteiger partial charge in [-0.25, -0.2) is 0 Å². The molecule has 0 aliphatic carbocycles. The van der Waals surface area contributed by atoms with Gasteiger partial charge in [0.05, 0.1) is 6.61 Å². The Morgan fingerprint density at radius 3 is 2.50 bits per heavy atom. The first-order chi connectivity index (χ1) is 9.78. The average Bonchev–Trinajstić information content (AvgIpc) is 2.51. The number of piperazine rings is 1. The van der Waals surface area contributed by atoms with E-state index in [0.717, 1.165) is 39.1 Å². The Balaban J connectivity index is 1.88. The molecule has 0 saturated carbocycles. The van der Waals surface area contributed by atoms with E-state index < -0.39 is 0 Å². The first-order valence-corrected chi connectivity index (χ1v) is 8.70. The molecule has 1 fully saturated rings. The van der Waals surface area contributed by atoms with Crippen molar-refractivity contribution >= 4 is 11.8 Å². The highest BCUT2D eigenvalue weighted by molar-refractivity contribution is 7.98. The van der Waals surface area contributed by atoms with Crippen molar-refractivity contribution in [3.8, 4) is 0 Å². The van der Waals surface area contributed by atoms with Crippen LogP contribution in [0.15, 0.2) is 29.2 Å². The summed E-state index contributed by atoms with van der Waals surface area (Å²) in [4.78, 5) is 6.34. The predicted molar refractivity (Wildman–Crippen MR) is 86.2 cm³/mol. The van der Waals surface area contributed by atoms with Gasteiger partial charge < -0.3 is 5.11 Å². The summed E-state index contributed by atoms with van der Waals surface area (Å²) in [6, 6.07) is 9.02. The van der Waals surface area contributed by atoms with Gasteiger partial charge in [0.15, 0.2) is 0 Å². The molecule has 1 atom stereocenters. The van der Waals surface area contributed by atoms with Gasteiger partial charge in [0.2, 0.25) is 0 Å². The van der Waals surface area contributed by atoms with Crippen LogP contribution in [-0.4, -0.2) is 60.0 Å². The number of aliphatic hydroxyl groups excluding tert-OH is 1. The van der Waals surface area contributed by atoms with Crippen LogP contribution in [0.2, 0.25) is 0 Å². The van der Waals surface area contributed by atoms with Gasteiger partial charge in [0.25, 0.3) is 0 Å². The number of aliphatic hydroxyl groups is 1. The molecule has 0 spiro atoms. The van der Waals surface area contributed by atoms with E-state index in [1.54, 1.807) is 0 Å². The Labute approximate surface area is 127 Å². The second-order valence-electron chi connectivity index (χ2n) is 5.37. The minimum absolute atomic E-state index is 0.284. The zero-order chi connectivity index (χ0) is 14.4. The summed E-state index contributed by atoms with van der Waals surface area (Å²) in [5.41, 5.74) is 1.43. The van der Waals surface area contributed by atoms with Crippen LogP contribution in [0.1, 0.15) is 18.9 Å². The van der Waals surface area contributed by atoms with Gasteiger partial charge in [-0.05, 0) is 24.3 Å². The molecular weight excluding hydrogens is 268 g/mol. The number of hydrogen-bond donors (Lipinski definition) is 1. The van der Waals surface area contributed by atoms with Crippen molar-refractivity contribution in [1.82, 2.24) is 9.80 Å². The fraction of sp³-hybridized carbons (Fsp3) is 0.625. The average molecular weight is 294 g/mol. The Morgan fingerprint density at radius 2 is 1.90 bits per heavy atom. The molecule has 0 aromatic heterocycles. The normalized spacial score (nSPS) is 19.1. The van der Waals surface area contributed by atoms with E-state index in [2.05, 4.69) is 47.2 Å². The fourth-order valence-corrected chi connectivity index (χ4v) is 3.47. The molecule has 0 bridgehead atoms. The number of hydrogen-bond acceptors (Lipinski definition) is 4. The summed E-state index contributed by atoms with van der Waals surface area (Å²) >= 11 is 1.83. The van der Waals surface area contributed by atoms with Crippen molar-refractivity contribution in [2.45, 2.75) is 30.8 Å². The largest absolute Gasteiger partial charge is 0.395 e. The maximum Gasteiger partial charge on any atom is 0.0586 e. The van der Waals surface area contributed by atoms with E-state index in [4.69, 9.17) is 0 Å². The number of rotatable bonds is 6. The van der Waals surface area contributed by atoms with E-state index in [9.17, 15) is 5.11 Å². The van der Waals surface area contributed by atoms with Gasteiger partial charge in [-0.1, -0.05) is 25.1 Å². The van der Waals surface area contributed by atoms with Crippen LogP contribution in [0, 0.1) is 0 Å². The van der Waals surface area contributed by atoms with Gasteiger partial charge in [-0.15, -0.1) is 11.8 Å². The molecule has 20 heavy (non-hydrogen) atoms. The van der Waals surface area contributed by atoms with Crippen molar-refractivity contribution in [3.63, 3.8) is 0 Å². The zero-order valence-corrected chi connectivity index (χ0v) is 13.4. The topological polar surface area (TPSA) is 26.7 Å².